The van der Waals surface area contributed by atoms with E-state index in [0.717, 1.165) is 4.90 Å². The van der Waals surface area contributed by atoms with Crippen LogP contribution in [0.1, 0.15) is 22.8 Å². The Morgan fingerprint density at radius 2 is 1.86 bits per heavy atom. The van der Waals surface area contributed by atoms with Gasteiger partial charge in [0, 0.05) is 5.56 Å². The van der Waals surface area contributed by atoms with Crippen molar-refractivity contribution in [3.05, 3.63) is 58.6 Å². The first-order valence-electron chi connectivity index (χ1n) is 8.72. The Bertz CT molecular complexity index is 992. The highest BCUT2D eigenvalue weighted by Gasteiger charge is 2.49. The first-order chi connectivity index (χ1) is 13.4. The second kappa shape index (κ2) is 6.83. The summed E-state index contributed by atoms with van der Waals surface area (Å²) in [6.45, 7) is 2.07. The normalized spacial score (nSPS) is 20.9. The Hall–Kier alpha value is -3.06. The molecule has 2 aliphatic rings. The van der Waals surface area contributed by atoms with Gasteiger partial charge in [-0.1, -0.05) is 29.8 Å². The van der Waals surface area contributed by atoms with Crippen molar-refractivity contribution in [3.63, 3.8) is 0 Å². The second-order valence-electron chi connectivity index (χ2n) is 6.71. The maximum absolute atomic E-state index is 13.0. The standard InChI is InChI=1S/C20H17ClN2O5/c1-20(12-6-7-16-17(10-12)28-9-8-27-16)18(25)23(19(26)22-20)11-15(24)13-4-2-3-5-14(13)21/h2-7,10H,8-9,11H2,1H3,(H,22,26)/t20-/m1/s1. The minimum atomic E-state index is -1.31. The van der Waals surface area contributed by atoms with Gasteiger partial charge < -0.3 is 14.8 Å². The van der Waals surface area contributed by atoms with Crippen molar-refractivity contribution in [1.29, 1.82) is 0 Å². The maximum atomic E-state index is 13.0. The molecule has 1 N–H and O–H groups in total. The second-order valence-corrected chi connectivity index (χ2v) is 7.12. The van der Waals surface area contributed by atoms with Gasteiger partial charge in [0.05, 0.1) is 11.6 Å². The van der Waals surface area contributed by atoms with E-state index in [2.05, 4.69) is 5.32 Å². The number of Topliss-reactive ketones (excluding diaryl/α,β-unsaturated/α-hetero) is 1. The van der Waals surface area contributed by atoms with Crippen LogP contribution < -0.4 is 14.8 Å². The molecule has 3 amide bonds. The molecule has 0 bridgehead atoms. The quantitative estimate of drug-likeness (QED) is 0.630. The Labute approximate surface area is 166 Å². The molecule has 7 nitrogen and oxygen atoms in total. The largest absolute Gasteiger partial charge is 0.486 e. The van der Waals surface area contributed by atoms with E-state index in [4.69, 9.17) is 21.1 Å². The lowest BCUT2D eigenvalue weighted by Crippen LogP contribution is -2.41. The van der Waals surface area contributed by atoms with Crippen LogP contribution in [0.15, 0.2) is 42.5 Å². The number of carbonyl (C=O) groups excluding carboxylic acids is 3. The molecule has 2 aromatic carbocycles. The number of benzene rings is 2. The Balaban J connectivity index is 1.60. The van der Waals surface area contributed by atoms with E-state index in [1.807, 2.05) is 0 Å². The monoisotopic (exact) mass is 400 g/mol. The summed E-state index contributed by atoms with van der Waals surface area (Å²) >= 11 is 6.05. The summed E-state index contributed by atoms with van der Waals surface area (Å²) in [6.07, 6.45) is 0. The lowest BCUT2D eigenvalue weighted by atomic mass is 9.91. The molecule has 28 heavy (non-hydrogen) atoms. The van der Waals surface area contributed by atoms with E-state index in [-0.39, 0.29) is 10.6 Å². The summed E-state index contributed by atoms with van der Waals surface area (Å²) in [5, 5.41) is 2.95. The number of imide groups is 1. The first-order valence-corrected chi connectivity index (χ1v) is 9.10. The lowest BCUT2D eigenvalue weighted by molar-refractivity contribution is -0.130. The molecule has 1 atom stereocenters. The summed E-state index contributed by atoms with van der Waals surface area (Å²) < 4.78 is 11.1. The molecule has 144 valence electrons. The fraction of sp³-hybridized carbons (Fsp3) is 0.250. The number of urea groups is 1. The number of carbonyl (C=O) groups is 3. The van der Waals surface area contributed by atoms with Gasteiger partial charge in [-0.15, -0.1) is 0 Å². The summed E-state index contributed by atoms with van der Waals surface area (Å²) in [4.78, 5) is 39.0. The van der Waals surface area contributed by atoms with Crippen LogP contribution in [-0.2, 0) is 10.3 Å². The zero-order valence-electron chi connectivity index (χ0n) is 15.0. The van der Waals surface area contributed by atoms with Gasteiger partial charge in [0.25, 0.3) is 5.91 Å². The van der Waals surface area contributed by atoms with Crippen LogP contribution in [0, 0.1) is 0 Å². The maximum Gasteiger partial charge on any atom is 0.325 e. The Morgan fingerprint density at radius 1 is 1.14 bits per heavy atom. The topological polar surface area (TPSA) is 84.9 Å². The van der Waals surface area contributed by atoms with Gasteiger partial charge >= 0.3 is 6.03 Å². The summed E-state index contributed by atoms with van der Waals surface area (Å²) in [5.41, 5.74) is -0.506. The summed E-state index contributed by atoms with van der Waals surface area (Å²) in [7, 11) is 0. The van der Waals surface area contributed by atoms with E-state index in [0.29, 0.717) is 30.3 Å². The fourth-order valence-electron chi connectivity index (χ4n) is 3.31. The molecule has 0 unspecified atom stereocenters. The molecular weight excluding hydrogens is 384 g/mol. The fourth-order valence-corrected chi connectivity index (χ4v) is 3.55. The predicted molar refractivity (Wildman–Crippen MR) is 101 cm³/mol. The van der Waals surface area contributed by atoms with Crippen LogP contribution in [0.25, 0.3) is 0 Å². The van der Waals surface area contributed by atoms with Crippen LogP contribution in [0.2, 0.25) is 5.02 Å². The highest BCUT2D eigenvalue weighted by atomic mass is 35.5. The van der Waals surface area contributed by atoms with Gasteiger partial charge in [-0.3, -0.25) is 14.5 Å². The number of fused-ring (bicyclic) bond motifs is 1. The number of nitrogens with one attached hydrogen (secondary N) is 1. The third kappa shape index (κ3) is 2.97. The predicted octanol–water partition coefficient (Wildman–Crippen LogP) is 2.76. The molecule has 4 rings (SSSR count). The van der Waals surface area contributed by atoms with Crippen LogP contribution in [0.5, 0.6) is 11.5 Å². The minimum Gasteiger partial charge on any atom is -0.486 e. The summed E-state index contributed by atoms with van der Waals surface area (Å²) in [5.74, 6) is 0.161. The number of ketones is 1. The van der Waals surface area contributed by atoms with Crippen molar-refractivity contribution in [1.82, 2.24) is 10.2 Å². The number of hydrogen-bond donors (Lipinski definition) is 1. The first kappa shape index (κ1) is 18.3. The van der Waals surface area contributed by atoms with Crippen molar-refractivity contribution in [3.8, 4) is 11.5 Å². The van der Waals surface area contributed by atoms with Crippen molar-refractivity contribution in [2.45, 2.75) is 12.5 Å². The molecule has 0 spiro atoms. The van der Waals surface area contributed by atoms with Gasteiger partial charge in [-0.25, -0.2) is 4.79 Å². The van der Waals surface area contributed by atoms with Crippen LogP contribution in [0.3, 0.4) is 0 Å². The molecule has 0 radical (unpaired) electrons. The zero-order chi connectivity index (χ0) is 19.9. The molecule has 2 aromatic rings. The number of rotatable bonds is 4. The van der Waals surface area contributed by atoms with Crippen molar-refractivity contribution in [2.75, 3.05) is 19.8 Å². The molecular formula is C20H17ClN2O5. The highest BCUT2D eigenvalue weighted by molar-refractivity contribution is 6.34. The van der Waals surface area contributed by atoms with Gasteiger partial charge in [0.15, 0.2) is 17.3 Å². The van der Waals surface area contributed by atoms with Gasteiger partial charge in [0.1, 0.15) is 18.8 Å². The van der Waals surface area contributed by atoms with E-state index >= 15 is 0 Å². The molecule has 2 aliphatic heterocycles. The van der Waals surface area contributed by atoms with Crippen molar-refractivity contribution in [2.24, 2.45) is 0 Å². The SMILES string of the molecule is C[C@]1(c2ccc3c(c2)OCCO3)NC(=O)N(CC(=O)c2ccccc2Cl)C1=O. The average molecular weight is 401 g/mol. The number of amides is 3. The molecule has 8 heteroatoms. The number of halogens is 1. The number of hydrogen-bond acceptors (Lipinski definition) is 5. The van der Waals surface area contributed by atoms with Crippen LogP contribution in [0.4, 0.5) is 4.79 Å². The number of nitrogens with zero attached hydrogens (tertiary/aromatic N) is 1. The summed E-state index contributed by atoms with van der Waals surface area (Å²) in [6, 6.07) is 10.9. The Kier molecular flexibility index (Phi) is 4.47. The average Bonchev–Trinajstić information content (AvgIpc) is 2.92. The van der Waals surface area contributed by atoms with Crippen LogP contribution in [-0.4, -0.2) is 42.4 Å². The lowest BCUT2D eigenvalue weighted by Gasteiger charge is -2.25. The van der Waals surface area contributed by atoms with E-state index in [1.54, 1.807) is 49.4 Å². The molecule has 2 heterocycles. The van der Waals surface area contributed by atoms with Gasteiger partial charge in [-0.05, 0) is 36.8 Å². The van der Waals surface area contributed by atoms with Gasteiger partial charge in [0.2, 0.25) is 0 Å². The minimum absolute atomic E-state index is 0.262. The van der Waals surface area contributed by atoms with Crippen molar-refractivity contribution >= 4 is 29.3 Å². The molecule has 0 aliphatic carbocycles. The van der Waals surface area contributed by atoms with E-state index < -0.39 is 29.8 Å². The smallest absolute Gasteiger partial charge is 0.325 e. The van der Waals surface area contributed by atoms with Crippen molar-refractivity contribution < 1.29 is 23.9 Å². The zero-order valence-corrected chi connectivity index (χ0v) is 15.8. The number of ether oxygens (including phenoxy) is 2. The highest BCUT2D eigenvalue weighted by Crippen LogP contribution is 2.37. The third-order valence-corrected chi connectivity index (χ3v) is 5.20. The third-order valence-electron chi connectivity index (χ3n) is 4.87. The molecule has 0 aromatic heterocycles. The molecule has 1 saturated heterocycles. The van der Waals surface area contributed by atoms with E-state index in [1.165, 1.54) is 0 Å². The van der Waals surface area contributed by atoms with E-state index in [9.17, 15) is 14.4 Å². The Morgan fingerprint density at radius 3 is 2.61 bits per heavy atom. The molecule has 0 saturated carbocycles. The molecule has 1 fully saturated rings. The van der Waals surface area contributed by atoms with Crippen LogP contribution >= 0.6 is 11.6 Å². The van der Waals surface area contributed by atoms with Gasteiger partial charge in [-0.2, -0.15) is 0 Å².